The van der Waals surface area contributed by atoms with E-state index in [4.69, 9.17) is 30.7 Å². The number of aliphatic carboxylic acids is 2. The number of piperazine rings is 1. The molecule has 3 amide bonds. The fourth-order valence-corrected chi connectivity index (χ4v) is 5.81. The molecule has 14 heteroatoms. The number of hydrogen-bond acceptors (Lipinski definition) is 9. The van der Waals surface area contributed by atoms with E-state index in [1.165, 1.54) is 25.2 Å². The summed E-state index contributed by atoms with van der Waals surface area (Å²) in [6.07, 6.45) is 6.04. The molecule has 1 aromatic carbocycles. The second kappa shape index (κ2) is 13.9. The summed E-state index contributed by atoms with van der Waals surface area (Å²) in [5, 5.41) is 20.1. The predicted molar refractivity (Wildman–Crippen MR) is 174 cm³/mol. The van der Waals surface area contributed by atoms with Crippen LogP contribution < -0.4 is 16.0 Å². The lowest BCUT2D eigenvalue weighted by Crippen LogP contribution is -2.50. The van der Waals surface area contributed by atoms with Crippen molar-refractivity contribution < 1.29 is 34.1 Å². The van der Waals surface area contributed by atoms with E-state index in [2.05, 4.69) is 22.2 Å². The number of ether oxygens (including phenoxy) is 1. The van der Waals surface area contributed by atoms with Gasteiger partial charge in [0.25, 0.3) is 0 Å². The van der Waals surface area contributed by atoms with Gasteiger partial charge in [-0.3, -0.25) is 9.59 Å². The number of amides is 3. The van der Waals surface area contributed by atoms with Gasteiger partial charge in [-0.05, 0) is 57.5 Å². The summed E-state index contributed by atoms with van der Waals surface area (Å²) in [5.74, 6) is -0.492. The highest BCUT2D eigenvalue weighted by Crippen LogP contribution is 2.50. The second-order valence-electron chi connectivity index (χ2n) is 12.5. The minimum absolute atomic E-state index is 0.0359. The van der Waals surface area contributed by atoms with Crippen LogP contribution in [-0.4, -0.2) is 113 Å². The molecule has 1 saturated carbocycles. The summed E-state index contributed by atoms with van der Waals surface area (Å²) >= 11 is 0. The van der Waals surface area contributed by atoms with Crippen LogP contribution in [0.4, 0.5) is 16.3 Å². The number of carboxylic acids is 2. The number of carbonyl (C=O) groups is 4. The number of morpholine rings is 1. The number of carbonyl (C=O) groups excluding carboxylic acids is 2. The number of allylic oxidation sites excluding steroid dienone is 2. The average molecular weight is 648 g/mol. The van der Waals surface area contributed by atoms with Crippen molar-refractivity contribution >= 4 is 35.4 Å². The van der Waals surface area contributed by atoms with Crippen LogP contribution in [0, 0.1) is 5.41 Å². The molecule has 47 heavy (non-hydrogen) atoms. The van der Waals surface area contributed by atoms with E-state index in [-0.39, 0.29) is 17.9 Å². The zero-order valence-corrected chi connectivity index (χ0v) is 26.6. The van der Waals surface area contributed by atoms with Gasteiger partial charge in [0.05, 0.1) is 29.7 Å². The fourth-order valence-electron chi connectivity index (χ4n) is 5.81. The van der Waals surface area contributed by atoms with Crippen molar-refractivity contribution in [3.8, 4) is 11.4 Å². The number of anilines is 2. The molecule has 2 aromatic rings. The highest BCUT2D eigenvalue weighted by atomic mass is 16.5. The van der Waals surface area contributed by atoms with Crippen molar-refractivity contribution in [1.29, 1.82) is 0 Å². The van der Waals surface area contributed by atoms with E-state index < -0.39 is 28.8 Å². The Balaban J connectivity index is 0.000000281. The minimum atomic E-state index is -1.08. The molecule has 0 spiro atoms. The molecule has 250 valence electrons. The van der Waals surface area contributed by atoms with Gasteiger partial charge in [0.2, 0.25) is 5.91 Å². The number of nitrogens with zero attached hydrogens (tertiary/aromatic N) is 5. The monoisotopic (exact) mass is 647 g/mol. The highest BCUT2D eigenvalue weighted by molar-refractivity contribution is 5.92. The number of carboxylic acid groups (broad SMARTS) is 2. The van der Waals surface area contributed by atoms with Crippen LogP contribution in [0.3, 0.4) is 0 Å². The molecular weight excluding hydrogens is 606 g/mol. The molecule has 0 radical (unpaired) electrons. The van der Waals surface area contributed by atoms with Gasteiger partial charge < -0.3 is 40.7 Å². The Bertz CT molecular complexity index is 1570. The van der Waals surface area contributed by atoms with Crippen LogP contribution in [0.2, 0.25) is 0 Å². The third-order valence-electron chi connectivity index (χ3n) is 8.98. The number of hydrogen-bond donors (Lipinski definition) is 4. The van der Waals surface area contributed by atoms with Gasteiger partial charge >= 0.3 is 18.0 Å². The van der Waals surface area contributed by atoms with Crippen LogP contribution in [0.25, 0.3) is 11.4 Å². The lowest BCUT2D eigenvalue weighted by atomic mass is 9.80. The Labute approximate surface area is 272 Å². The van der Waals surface area contributed by atoms with E-state index in [0.717, 1.165) is 69.2 Å². The molecule has 3 heterocycles. The van der Waals surface area contributed by atoms with Gasteiger partial charge in [0, 0.05) is 62.2 Å². The molecule has 2 saturated heterocycles. The maximum atomic E-state index is 13.6. The van der Waals surface area contributed by atoms with Gasteiger partial charge in [-0.25, -0.2) is 19.6 Å². The molecule has 1 unspecified atom stereocenters. The van der Waals surface area contributed by atoms with Crippen LogP contribution in [-0.2, 0) is 24.5 Å². The van der Waals surface area contributed by atoms with Crippen LogP contribution in [0.1, 0.15) is 31.9 Å². The number of urea groups is 1. The van der Waals surface area contributed by atoms with Crippen LogP contribution >= 0.6 is 0 Å². The summed E-state index contributed by atoms with van der Waals surface area (Å²) in [7, 11) is 2.09. The van der Waals surface area contributed by atoms with E-state index >= 15 is 0 Å². The second-order valence-corrected chi connectivity index (χ2v) is 12.5. The first-order valence-corrected chi connectivity index (χ1v) is 15.6. The van der Waals surface area contributed by atoms with Gasteiger partial charge in [-0.1, -0.05) is 18.2 Å². The Morgan fingerprint density at radius 3 is 2.19 bits per heavy atom. The first kappa shape index (κ1) is 33.5. The third-order valence-corrected chi connectivity index (χ3v) is 8.98. The smallest absolute Gasteiger partial charge is 0.331 e. The number of benzene rings is 1. The topological polar surface area (TPSA) is 192 Å². The molecule has 5 N–H and O–H groups in total. The van der Waals surface area contributed by atoms with Crippen molar-refractivity contribution in [1.82, 2.24) is 19.8 Å². The third kappa shape index (κ3) is 7.77. The zero-order valence-electron chi connectivity index (χ0n) is 26.6. The van der Waals surface area contributed by atoms with E-state index in [1.54, 1.807) is 12.1 Å². The first-order chi connectivity index (χ1) is 22.4. The Morgan fingerprint density at radius 2 is 1.62 bits per heavy atom. The molecular formula is C33H41N7O7. The molecule has 1 aromatic heterocycles. The molecule has 4 aliphatic rings. The maximum absolute atomic E-state index is 13.6. The Morgan fingerprint density at radius 1 is 0.957 bits per heavy atom. The van der Waals surface area contributed by atoms with Gasteiger partial charge in [-0.15, -0.1) is 0 Å². The summed E-state index contributed by atoms with van der Waals surface area (Å²) < 4.78 is 5.52. The van der Waals surface area contributed by atoms with Crippen LogP contribution in [0.15, 0.2) is 54.1 Å². The molecule has 0 bridgehead atoms. The van der Waals surface area contributed by atoms with E-state index in [0.29, 0.717) is 24.7 Å². The lowest BCUT2D eigenvalue weighted by Gasteiger charge is -2.35. The van der Waals surface area contributed by atoms with E-state index in [9.17, 15) is 19.2 Å². The van der Waals surface area contributed by atoms with Crippen molar-refractivity contribution in [3.63, 3.8) is 0 Å². The number of nitrogens with one attached hydrogen (secondary N) is 1. The summed E-state index contributed by atoms with van der Waals surface area (Å²) in [6.45, 7) is 7.57. The summed E-state index contributed by atoms with van der Waals surface area (Å²) in [6, 6.07) is 8.64. The van der Waals surface area contributed by atoms with Gasteiger partial charge in [-0.2, -0.15) is 0 Å². The Hall–Kier alpha value is -4.82. The first-order valence-electron chi connectivity index (χ1n) is 15.6. The van der Waals surface area contributed by atoms with Crippen molar-refractivity contribution in [2.75, 3.05) is 69.7 Å². The van der Waals surface area contributed by atoms with Gasteiger partial charge in [0.1, 0.15) is 5.82 Å². The summed E-state index contributed by atoms with van der Waals surface area (Å²) in [5.41, 5.74) is 5.91. The Kier molecular flexibility index (Phi) is 9.91. The summed E-state index contributed by atoms with van der Waals surface area (Å²) in [4.78, 5) is 62.3. The van der Waals surface area contributed by atoms with Crippen molar-refractivity contribution in [2.45, 2.75) is 31.6 Å². The maximum Gasteiger partial charge on any atom is 0.331 e. The van der Waals surface area contributed by atoms with E-state index in [1.807, 2.05) is 23.1 Å². The lowest BCUT2D eigenvalue weighted by molar-refractivity contribution is -0.145. The predicted octanol–water partition coefficient (Wildman–Crippen LogP) is 2.32. The highest BCUT2D eigenvalue weighted by Gasteiger charge is 2.55. The number of rotatable bonds is 7. The molecule has 2 aliphatic heterocycles. The molecule has 2 aliphatic carbocycles. The SMILES string of the molecule is CC1(C(=O)O)C=CC=C(C(=O)O)C1.CN1CCN(C(=O)C2(c3cc(N4CCOCC4)nc(-c4ccc(NC(N)=O)cc4)n3)CC2)CC1. The molecule has 6 rings (SSSR count). The number of likely N-dealkylation sites (N-methyl/N-ethyl adjacent to an activating group) is 1. The largest absolute Gasteiger partial charge is 0.481 e. The quantitative estimate of drug-likeness (QED) is 0.345. The number of nitrogens with two attached hydrogens (primary N) is 1. The average Bonchev–Trinajstić information content (AvgIpc) is 3.88. The number of primary amides is 1. The van der Waals surface area contributed by atoms with Crippen molar-refractivity contribution in [3.05, 3.63) is 59.8 Å². The fraction of sp³-hybridized carbons (Fsp3) is 0.455. The minimum Gasteiger partial charge on any atom is -0.481 e. The molecule has 3 fully saturated rings. The standard InChI is InChI=1S/C24H31N7O3.C9H10O4/c1-29-8-10-31(11-9-29)22(32)24(6-7-24)19-16-20(30-12-14-34-15-13-30)28-21(27-19)17-2-4-18(5-3-17)26-23(25)33;1-9(8(12)13)4-2-3-6(5-9)7(10)11/h2-5,16H,6-15H2,1H3,(H3,25,26,33);2-4H,5H2,1H3,(H,10,11)(H,12,13). The normalized spacial score (nSPS) is 22.0. The zero-order chi connectivity index (χ0) is 33.8. The van der Waals surface area contributed by atoms with Crippen molar-refractivity contribution in [2.24, 2.45) is 11.1 Å². The number of aromatic nitrogens is 2. The van der Waals surface area contributed by atoms with Gasteiger partial charge in [0.15, 0.2) is 5.82 Å². The van der Waals surface area contributed by atoms with Crippen LogP contribution in [0.5, 0.6) is 0 Å². The molecule has 14 nitrogen and oxygen atoms in total. The molecule has 1 atom stereocenters.